The van der Waals surface area contributed by atoms with Gasteiger partial charge in [-0.2, -0.15) is 0 Å². The summed E-state index contributed by atoms with van der Waals surface area (Å²) in [5.74, 6) is 0.0405. The van der Waals surface area contributed by atoms with Gasteiger partial charge in [-0.05, 0) is 19.4 Å². The van der Waals surface area contributed by atoms with Crippen LogP contribution in [0, 0.1) is 0 Å². The van der Waals surface area contributed by atoms with E-state index in [0.29, 0.717) is 23.4 Å². The molecule has 7 N–H and O–H groups in total. The summed E-state index contributed by atoms with van der Waals surface area (Å²) < 4.78 is 5.75. The van der Waals surface area contributed by atoms with Gasteiger partial charge in [0.1, 0.15) is 30.2 Å². The van der Waals surface area contributed by atoms with E-state index in [0.717, 1.165) is 19.4 Å². The van der Waals surface area contributed by atoms with E-state index in [9.17, 15) is 20.1 Å². The second kappa shape index (κ2) is 8.55. The van der Waals surface area contributed by atoms with Gasteiger partial charge in [0.25, 0.3) is 0 Å². The lowest BCUT2D eigenvalue weighted by molar-refractivity contribution is -0.185. The van der Waals surface area contributed by atoms with E-state index < -0.39 is 37.2 Å². The van der Waals surface area contributed by atoms with Gasteiger partial charge < -0.3 is 41.0 Å². The number of carbonyl (C=O) groups is 1. The number of amides is 1. The number of H-pyrrole nitrogens is 1. The molecule has 4 heterocycles. The van der Waals surface area contributed by atoms with Crippen molar-refractivity contribution in [3.8, 4) is 0 Å². The molecule has 0 aliphatic carbocycles. The monoisotopic (exact) mass is 407 g/mol. The SMILES string of the molecule is O=C(N[C@@H]1[C@@H](O)[C@H](O)[C@@H](Nc2ncnc3nc[nH]c23)O[C@H]1CO)[C@H]1CCCCN1. The maximum Gasteiger partial charge on any atom is 0.237 e. The second-order valence-corrected chi connectivity index (χ2v) is 7.26. The zero-order valence-corrected chi connectivity index (χ0v) is 15.7. The van der Waals surface area contributed by atoms with Crippen LogP contribution >= 0.6 is 0 Å². The van der Waals surface area contributed by atoms with Crippen LogP contribution in [0.2, 0.25) is 0 Å². The molecule has 2 aromatic rings. The van der Waals surface area contributed by atoms with Crippen LogP contribution in [-0.4, -0.2) is 90.9 Å². The van der Waals surface area contributed by atoms with Gasteiger partial charge in [0.15, 0.2) is 17.7 Å². The molecule has 2 aliphatic rings. The van der Waals surface area contributed by atoms with Gasteiger partial charge in [0, 0.05) is 0 Å². The van der Waals surface area contributed by atoms with E-state index in [1.807, 2.05) is 0 Å². The number of fused-ring (bicyclic) bond motifs is 1. The van der Waals surface area contributed by atoms with Gasteiger partial charge >= 0.3 is 0 Å². The summed E-state index contributed by atoms with van der Waals surface area (Å²) in [4.78, 5) is 27.6. The van der Waals surface area contributed by atoms with Crippen LogP contribution in [0.5, 0.6) is 0 Å². The standard InChI is InChI=1S/C17H25N7O5/c25-5-9-10(23-16(28)8-3-1-2-4-18-8)12(26)13(27)17(29-9)24-15-11-14(20-6-19-11)21-7-22-15/h6-10,12-13,17-18,25-27H,1-5H2,(H,23,28)(H2,19,20,21,22,24)/t8-,9+,10+,12-,13+,17+/m1/s1. The minimum Gasteiger partial charge on any atom is -0.394 e. The lowest BCUT2D eigenvalue weighted by Crippen LogP contribution is -2.67. The zero-order chi connectivity index (χ0) is 20.4. The molecule has 0 unspecified atom stereocenters. The molecule has 0 radical (unpaired) electrons. The Morgan fingerprint density at radius 1 is 1.24 bits per heavy atom. The van der Waals surface area contributed by atoms with Gasteiger partial charge in [0.2, 0.25) is 5.91 Å². The normalized spacial score (nSPS) is 32.8. The number of rotatable bonds is 5. The van der Waals surface area contributed by atoms with Crippen molar-refractivity contribution in [1.82, 2.24) is 30.6 Å². The molecular formula is C17H25N7O5. The van der Waals surface area contributed by atoms with Crippen molar-refractivity contribution in [2.24, 2.45) is 0 Å². The Labute approximate surface area is 166 Å². The lowest BCUT2D eigenvalue weighted by Gasteiger charge is -2.43. The fourth-order valence-electron chi connectivity index (χ4n) is 3.77. The van der Waals surface area contributed by atoms with E-state index in [4.69, 9.17) is 4.74 Å². The smallest absolute Gasteiger partial charge is 0.237 e. The average Bonchev–Trinajstić information content (AvgIpc) is 3.23. The van der Waals surface area contributed by atoms with Crippen molar-refractivity contribution in [3.05, 3.63) is 12.7 Å². The van der Waals surface area contributed by atoms with Crippen LogP contribution in [-0.2, 0) is 9.53 Å². The summed E-state index contributed by atoms with van der Waals surface area (Å²) in [6.07, 6.45) is 0.687. The Morgan fingerprint density at radius 2 is 2.10 bits per heavy atom. The molecule has 12 nitrogen and oxygen atoms in total. The number of piperidine rings is 1. The minimum absolute atomic E-state index is 0.288. The van der Waals surface area contributed by atoms with Gasteiger partial charge in [-0.1, -0.05) is 6.42 Å². The molecule has 2 saturated heterocycles. The largest absolute Gasteiger partial charge is 0.394 e. The van der Waals surface area contributed by atoms with Crippen LogP contribution in [0.4, 0.5) is 5.82 Å². The highest BCUT2D eigenvalue weighted by Gasteiger charge is 2.45. The predicted molar refractivity (Wildman–Crippen MR) is 101 cm³/mol. The van der Waals surface area contributed by atoms with Crippen molar-refractivity contribution in [2.45, 2.75) is 55.9 Å². The summed E-state index contributed by atoms with van der Waals surface area (Å²) in [5.41, 5.74) is 0.939. The number of aliphatic hydroxyl groups excluding tert-OH is 3. The minimum atomic E-state index is -1.38. The molecule has 6 atom stereocenters. The molecule has 0 spiro atoms. The Morgan fingerprint density at radius 3 is 2.86 bits per heavy atom. The third kappa shape index (κ3) is 4.02. The molecule has 2 aliphatic heterocycles. The number of imidazole rings is 1. The van der Waals surface area contributed by atoms with E-state index in [1.165, 1.54) is 12.7 Å². The average molecular weight is 407 g/mol. The number of nitrogens with one attached hydrogen (secondary N) is 4. The summed E-state index contributed by atoms with van der Waals surface area (Å²) in [7, 11) is 0. The predicted octanol–water partition coefficient (Wildman–Crippen LogP) is -2.17. The molecule has 2 fully saturated rings. The molecule has 1 amide bonds. The Kier molecular flexibility index (Phi) is 5.87. The van der Waals surface area contributed by atoms with Gasteiger partial charge in [-0.3, -0.25) is 4.79 Å². The fourth-order valence-corrected chi connectivity index (χ4v) is 3.77. The van der Waals surface area contributed by atoms with Crippen molar-refractivity contribution >= 4 is 22.9 Å². The third-order valence-electron chi connectivity index (χ3n) is 5.37. The zero-order valence-electron chi connectivity index (χ0n) is 15.7. The van der Waals surface area contributed by atoms with Crippen LogP contribution in [0.15, 0.2) is 12.7 Å². The number of ether oxygens (including phenoxy) is 1. The molecule has 4 rings (SSSR count). The first kappa shape index (κ1) is 19.9. The molecule has 158 valence electrons. The summed E-state index contributed by atoms with van der Waals surface area (Å²) in [6.45, 7) is 0.301. The molecule has 12 heteroatoms. The number of hydrogen-bond acceptors (Lipinski definition) is 10. The summed E-state index contributed by atoms with van der Waals surface area (Å²) >= 11 is 0. The van der Waals surface area contributed by atoms with Crippen molar-refractivity contribution in [3.63, 3.8) is 0 Å². The second-order valence-electron chi connectivity index (χ2n) is 7.26. The number of aromatic nitrogens is 4. The topological polar surface area (TPSA) is 178 Å². The fraction of sp³-hybridized carbons (Fsp3) is 0.647. The highest BCUT2D eigenvalue weighted by Crippen LogP contribution is 2.24. The van der Waals surface area contributed by atoms with E-state index >= 15 is 0 Å². The first-order chi connectivity index (χ1) is 14.1. The molecule has 0 bridgehead atoms. The number of aromatic amines is 1. The van der Waals surface area contributed by atoms with Gasteiger partial charge in [-0.15, -0.1) is 0 Å². The van der Waals surface area contributed by atoms with Crippen LogP contribution in [0.3, 0.4) is 0 Å². The maximum atomic E-state index is 12.5. The van der Waals surface area contributed by atoms with Crippen molar-refractivity contribution in [2.75, 3.05) is 18.5 Å². The Balaban J connectivity index is 1.46. The number of nitrogens with zero attached hydrogens (tertiary/aromatic N) is 3. The van der Waals surface area contributed by atoms with Gasteiger partial charge in [0.05, 0.1) is 25.0 Å². The maximum absolute atomic E-state index is 12.5. The Hall–Kier alpha value is -2.38. The molecule has 2 aromatic heterocycles. The summed E-state index contributed by atoms with van der Waals surface area (Å²) in [6, 6.07) is -1.32. The first-order valence-corrected chi connectivity index (χ1v) is 9.65. The van der Waals surface area contributed by atoms with Crippen LogP contribution < -0.4 is 16.0 Å². The molecule has 0 saturated carbocycles. The summed E-state index contributed by atoms with van der Waals surface area (Å²) in [5, 5.41) is 39.7. The first-order valence-electron chi connectivity index (χ1n) is 9.65. The molecule has 29 heavy (non-hydrogen) atoms. The van der Waals surface area contributed by atoms with Gasteiger partial charge in [-0.25, -0.2) is 15.0 Å². The number of carbonyl (C=O) groups excluding carboxylic acids is 1. The van der Waals surface area contributed by atoms with E-state index in [2.05, 4.69) is 35.9 Å². The number of hydrogen-bond donors (Lipinski definition) is 7. The third-order valence-corrected chi connectivity index (χ3v) is 5.37. The highest BCUT2D eigenvalue weighted by atomic mass is 16.5. The van der Waals surface area contributed by atoms with Crippen molar-refractivity contribution in [1.29, 1.82) is 0 Å². The molecular weight excluding hydrogens is 382 g/mol. The van der Waals surface area contributed by atoms with E-state index in [-0.39, 0.29) is 11.9 Å². The van der Waals surface area contributed by atoms with Crippen LogP contribution in [0.25, 0.3) is 11.2 Å². The number of aliphatic hydroxyl groups is 3. The van der Waals surface area contributed by atoms with Crippen molar-refractivity contribution < 1.29 is 24.9 Å². The highest BCUT2D eigenvalue weighted by molar-refractivity contribution is 5.82. The van der Waals surface area contributed by atoms with E-state index in [1.54, 1.807) is 0 Å². The Bertz CT molecular complexity index is 840. The lowest BCUT2D eigenvalue weighted by atomic mass is 9.94. The molecule has 0 aromatic carbocycles. The number of anilines is 1. The van der Waals surface area contributed by atoms with Crippen LogP contribution in [0.1, 0.15) is 19.3 Å². The quantitative estimate of drug-likeness (QED) is 0.288.